The van der Waals surface area contributed by atoms with Gasteiger partial charge >= 0.3 is 0 Å². The van der Waals surface area contributed by atoms with Crippen LogP contribution in [0.1, 0.15) is 46.0 Å². The van der Waals surface area contributed by atoms with Gasteiger partial charge in [-0.15, -0.1) is 0 Å². The van der Waals surface area contributed by atoms with Crippen molar-refractivity contribution in [3.63, 3.8) is 0 Å². The standard InChI is InChI=1S/C15H25N3O2S/c1-3-9-16-15-12-14(8-10-17-15)21(19,20)18-11-6-4-5-7-13(18)2/h8,10,12-13H,3-7,9,11H2,1-2H3,(H,16,17). The van der Waals surface area contributed by atoms with Crippen molar-refractivity contribution in [1.29, 1.82) is 0 Å². The molecule has 1 aromatic rings. The van der Waals surface area contributed by atoms with E-state index < -0.39 is 10.0 Å². The zero-order chi connectivity index (χ0) is 15.3. The maximum absolute atomic E-state index is 12.8. The number of pyridine rings is 1. The quantitative estimate of drug-likeness (QED) is 0.908. The predicted octanol–water partition coefficient (Wildman–Crippen LogP) is 2.86. The van der Waals surface area contributed by atoms with Crippen LogP contribution in [0.15, 0.2) is 23.2 Å². The zero-order valence-corrected chi connectivity index (χ0v) is 13.7. The molecule has 0 bridgehead atoms. The molecule has 0 amide bonds. The van der Waals surface area contributed by atoms with E-state index in [9.17, 15) is 8.42 Å². The zero-order valence-electron chi connectivity index (χ0n) is 12.9. The third-order valence-electron chi connectivity index (χ3n) is 3.89. The second kappa shape index (κ2) is 7.22. The second-order valence-electron chi connectivity index (χ2n) is 5.62. The summed E-state index contributed by atoms with van der Waals surface area (Å²) in [6.07, 6.45) is 6.62. The summed E-state index contributed by atoms with van der Waals surface area (Å²) in [6.45, 7) is 5.47. The van der Waals surface area contributed by atoms with Gasteiger partial charge in [-0.25, -0.2) is 13.4 Å². The van der Waals surface area contributed by atoms with Crippen LogP contribution in [-0.4, -0.2) is 36.8 Å². The highest BCUT2D eigenvalue weighted by atomic mass is 32.2. The molecule has 118 valence electrons. The van der Waals surface area contributed by atoms with Gasteiger partial charge in [-0.05, 0) is 32.3 Å². The molecule has 1 atom stereocenters. The number of nitrogens with one attached hydrogen (secondary N) is 1. The smallest absolute Gasteiger partial charge is 0.243 e. The molecule has 1 unspecified atom stereocenters. The number of nitrogens with zero attached hydrogens (tertiary/aromatic N) is 2. The van der Waals surface area contributed by atoms with Crippen molar-refractivity contribution in [3.05, 3.63) is 18.3 Å². The Morgan fingerprint density at radius 1 is 1.38 bits per heavy atom. The van der Waals surface area contributed by atoms with Gasteiger partial charge < -0.3 is 5.32 Å². The number of hydrogen-bond acceptors (Lipinski definition) is 4. The molecule has 1 aliphatic rings. The van der Waals surface area contributed by atoms with Crippen LogP contribution in [0, 0.1) is 0 Å². The van der Waals surface area contributed by atoms with Gasteiger partial charge in [-0.2, -0.15) is 4.31 Å². The van der Waals surface area contributed by atoms with Crippen LogP contribution < -0.4 is 5.32 Å². The van der Waals surface area contributed by atoms with E-state index in [1.807, 2.05) is 6.92 Å². The summed E-state index contributed by atoms with van der Waals surface area (Å²) < 4.78 is 27.3. The fraction of sp³-hybridized carbons (Fsp3) is 0.667. The lowest BCUT2D eigenvalue weighted by atomic mass is 10.1. The van der Waals surface area contributed by atoms with Crippen molar-refractivity contribution in [2.45, 2.75) is 56.9 Å². The van der Waals surface area contributed by atoms with Gasteiger partial charge in [-0.3, -0.25) is 0 Å². The minimum absolute atomic E-state index is 0.0673. The van der Waals surface area contributed by atoms with Gasteiger partial charge in [0.25, 0.3) is 0 Å². The van der Waals surface area contributed by atoms with E-state index in [0.717, 1.165) is 38.6 Å². The molecular weight excluding hydrogens is 286 g/mol. The van der Waals surface area contributed by atoms with Crippen molar-refractivity contribution in [2.75, 3.05) is 18.4 Å². The molecule has 2 heterocycles. The molecule has 0 spiro atoms. The Kier molecular flexibility index (Phi) is 5.58. The van der Waals surface area contributed by atoms with Crippen molar-refractivity contribution in [3.8, 4) is 0 Å². The normalized spacial score (nSPS) is 21.0. The van der Waals surface area contributed by atoms with Crippen LogP contribution >= 0.6 is 0 Å². The minimum Gasteiger partial charge on any atom is -0.370 e. The van der Waals surface area contributed by atoms with E-state index in [-0.39, 0.29) is 6.04 Å². The largest absolute Gasteiger partial charge is 0.370 e. The summed E-state index contributed by atoms with van der Waals surface area (Å²) in [4.78, 5) is 4.52. The average Bonchev–Trinajstić information content (AvgIpc) is 2.70. The lowest BCUT2D eigenvalue weighted by Gasteiger charge is -2.26. The van der Waals surface area contributed by atoms with Crippen LogP contribution in [0.4, 0.5) is 5.82 Å². The van der Waals surface area contributed by atoms with E-state index >= 15 is 0 Å². The van der Waals surface area contributed by atoms with Crippen LogP contribution in [0.3, 0.4) is 0 Å². The Balaban J connectivity index is 2.25. The Bertz CT molecular complexity index is 560. The highest BCUT2D eigenvalue weighted by Crippen LogP contribution is 2.25. The van der Waals surface area contributed by atoms with E-state index in [0.29, 0.717) is 17.3 Å². The van der Waals surface area contributed by atoms with E-state index in [1.54, 1.807) is 22.6 Å². The number of sulfonamides is 1. The van der Waals surface area contributed by atoms with Crippen molar-refractivity contribution < 1.29 is 8.42 Å². The number of hydrogen-bond donors (Lipinski definition) is 1. The van der Waals surface area contributed by atoms with Crippen LogP contribution in [0.5, 0.6) is 0 Å². The molecule has 0 aromatic carbocycles. The summed E-state index contributed by atoms with van der Waals surface area (Å²) >= 11 is 0. The monoisotopic (exact) mass is 311 g/mol. The molecule has 5 nitrogen and oxygen atoms in total. The first-order valence-corrected chi connectivity index (χ1v) is 9.21. The van der Waals surface area contributed by atoms with Gasteiger partial charge in [0.05, 0.1) is 4.90 Å². The van der Waals surface area contributed by atoms with Crippen molar-refractivity contribution in [2.24, 2.45) is 0 Å². The van der Waals surface area contributed by atoms with E-state index in [2.05, 4.69) is 17.2 Å². The van der Waals surface area contributed by atoms with Gasteiger partial charge in [0.1, 0.15) is 5.82 Å². The van der Waals surface area contributed by atoms with E-state index in [4.69, 9.17) is 0 Å². The summed E-state index contributed by atoms with van der Waals surface area (Å²) in [5.41, 5.74) is 0. The minimum atomic E-state index is -3.43. The highest BCUT2D eigenvalue weighted by Gasteiger charge is 2.30. The first-order chi connectivity index (χ1) is 10.1. The first kappa shape index (κ1) is 16.2. The second-order valence-corrected chi connectivity index (χ2v) is 7.51. The Morgan fingerprint density at radius 2 is 2.19 bits per heavy atom. The number of aromatic nitrogens is 1. The summed E-state index contributed by atoms with van der Waals surface area (Å²) in [7, 11) is -3.43. The molecule has 21 heavy (non-hydrogen) atoms. The highest BCUT2D eigenvalue weighted by molar-refractivity contribution is 7.89. The van der Waals surface area contributed by atoms with Gasteiger partial charge in [-0.1, -0.05) is 19.8 Å². The summed E-state index contributed by atoms with van der Waals surface area (Å²) in [5.74, 6) is 0.625. The fourth-order valence-corrected chi connectivity index (χ4v) is 4.38. The number of rotatable bonds is 5. The third kappa shape index (κ3) is 3.95. The molecule has 2 rings (SSSR count). The van der Waals surface area contributed by atoms with Gasteiger partial charge in [0, 0.05) is 31.4 Å². The Morgan fingerprint density at radius 3 is 2.95 bits per heavy atom. The Labute approximate surface area is 127 Å². The summed E-state index contributed by atoms with van der Waals surface area (Å²) in [6, 6.07) is 3.30. The van der Waals surface area contributed by atoms with Gasteiger partial charge in [0.15, 0.2) is 0 Å². The average molecular weight is 311 g/mol. The Hall–Kier alpha value is -1.14. The van der Waals surface area contributed by atoms with E-state index in [1.165, 1.54) is 0 Å². The molecule has 1 fully saturated rings. The molecule has 6 heteroatoms. The lowest BCUT2D eigenvalue weighted by Crippen LogP contribution is -2.38. The van der Waals surface area contributed by atoms with Crippen LogP contribution in [0.2, 0.25) is 0 Å². The van der Waals surface area contributed by atoms with Crippen LogP contribution in [-0.2, 0) is 10.0 Å². The number of anilines is 1. The lowest BCUT2D eigenvalue weighted by molar-refractivity contribution is 0.342. The van der Waals surface area contributed by atoms with Crippen molar-refractivity contribution in [1.82, 2.24) is 9.29 Å². The molecular formula is C15H25N3O2S. The molecule has 1 aliphatic heterocycles. The SMILES string of the molecule is CCCNc1cc(S(=O)(=O)N2CCCCCC2C)ccn1. The topological polar surface area (TPSA) is 62.3 Å². The third-order valence-corrected chi connectivity index (χ3v) is 5.90. The maximum Gasteiger partial charge on any atom is 0.243 e. The molecule has 0 aliphatic carbocycles. The maximum atomic E-state index is 12.8. The predicted molar refractivity (Wildman–Crippen MR) is 84.8 cm³/mol. The molecule has 0 radical (unpaired) electrons. The molecule has 1 aromatic heterocycles. The molecule has 1 N–H and O–H groups in total. The van der Waals surface area contributed by atoms with Gasteiger partial charge in [0.2, 0.25) is 10.0 Å². The fourth-order valence-electron chi connectivity index (χ4n) is 2.66. The van der Waals surface area contributed by atoms with Crippen molar-refractivity contribution >= 4 is 15.8 Å². The summed E-state index contributed by atoms with van der Waals surface area (Å²) in [5, 5.41) is 3.14. The first-order valence-electron chi connectivity index (χ1n) is 7.77. The van der Waals surface area contributed by atoms with Crippen LogP contribution in [0.25, 0.3) is 0 Å². The molecule has 0 saturated carbocycles. The molecule has 1 saturated heterocycles.